The number of benzene rings is 1. The van der Waals surface area contributed by atoms with Crippen LogP contribution in [0.5, 0.6) is 0 Å². The van der Waals surface area contributed by atoms with Crippen molar-refractivity contribution in [1.29, 1.82) is 0 Å². The third-order valence-corrected chi connectivity index (χ3v) is 6.06. The number of thiazole rings is 1. The Morgan fingerprint density at radius 2 is 2.00 bits per heavy atom. The van der Waals surface area contributed by atoms with Crippen LogP contribution in [0.15, 0.2) is 47.2 Å². The fourth-order valence-corrected chi connectivity index (χ4v) is 4.43. The van der Waals surface area contributed by atoms with Gasteiger partial charge in [-0.3, -0.25) is 4.90 Å². The van der Waals surface area contributed by atoms with Crippen molar-refractivity contribution >= 4 is 21.2 Å². The second-order valence-corrected chi connectivity index (χ2v) is 9.20. The largest absolute Gasteiger partial charge is 0.293 e. The van der Waals surface area contributed by atoms with Gasteiger partial charge in [-0.25, -0.2) is 23.4 Å². The molecule has 8 heteroatoms. The Bertz CT molecular complexity index is 1030. The van der Waals surface area contributed by atoms with Crippen molar-refractivity contribution in [3.05, 3.63) is 58.2 Å². The normalized spacial score (nSPS) is 15.0. The molecule has 0 unspecified atom stereocenters. The van der Waals surface area contributed by atoms with E-state index in [1.165, 1.54) is 4.88 Å². The molecule has 3 aromatic rings. The minimum atomic E-state index is -3.37. The first kappa shape index (κ1) is 17.3. The second kappa shape index (κ2) is 6.86. The van der Waals surface area contributed by atoms with Crippen molar-refractivity contribution in [2.75, 3.05) is 12.8 Å². The van der Waals surface area contributed by atoms with Crippen molar-refractivity contribution in [2.45, 2.75) is 24.7 Å². The maximum atomic E-state index is 11.6. The van der Waals surface area contributed by atoms with Gasteiger partial charge < -0.3 is 0 Å². The summed E-state index contributed by atoms with van der Waals surface area (Å²) in [5.41, 5.74) is 5.88. The van der Waals surface area contributed by atoms with Gasteiger partial charge >= 0.3 is 0 Å². The van der Waals surface area contributed by atoms with Gasteiger partial charge in [-0.1, -0.05) is 30.3 Å². The SMILES string of the molecule is CS(=O)(=O)c1ncc2c(n1)CCN(Cc1scnc1-c1ccccc1)C2. The van der Waals surface area contributed by atoms with E-state index in [1.54, 1.807) is 17.5 Å². The summed E-state index contributed by atoms with van der Waals surface area (Å²) in [5.74, 6) is 0. The van der Waals surface area contributed by atoms with Crippen LogP contribution >= 0.6 is 11.3 Å². The third kappa shape index (κ3) is 3.53. The lowest BCUT2D eigenvalue weighted by Crippen LogP contribution is -2.31. The number of fused-ring (bicyclic) bond motifs is 1. The van der Waals surface area contributed by atoms with Crippen LogP contribution in [-0.4, -0.2) is 41.1 Å². The predicted octanol–water partition coefficient (Wildman–Crippen LogP) is 2.56. The standard InChI is InChI=1S/C18H18N4O2S2/c1-26(23,24)18-19-9-14-10-22(8-7-15(14)21-18)11-16-17(20-12-25-16)13-5-3-2-4-6-13/h2-6,9,12H,7-8,10-11H2,1H3. The van der Waals surface area contributed by atoms with Gasteiger partial charge in [-0.15, -0.1) is 11.3 Å². The fraction of sp³-hybridized carbons (Fsp3) is 0.278. The third-order valence-electron chi connectivity index (χ3n) is 4.38. The molecule has 0 bridgehead atoms. The second-order valence-electron chi connectivity index (χ2n) is 6.35. The van der Waals surface area contributed by atoms with Crippen LogP contribution in [0, 0.1) is 0 Å². The van der Waals surface area contributed by atoms with Gasteiger partial charge in [0.1, 0.15) is 0 Å². The van der Waals surface area contributed by atoms with Crippen molar-refractivity contribution < 1.29 is 8.42 Å². The summed E-state index contributed by atoms with van der Waals surface area (Å²) in [6.07, 6.45) is 3.51. The average molecular weight is 387 g/mol. The van der Waals surface area contributed by atoms with E-state index < -0.39 is 9.84 Å². The molecular formula is C18H18N4O2S2. The Balaban J connectivity index is 1.54. The minimum Gasteiger partial charge on any atom is -0.293 e. The molecular weight excluding hydrogens is 368 g/mol. The molecule has 0 aliphatic carbocycles. The molecule has 0 saturated heterocycles. The molecule has 0 radical (unpaired) electrons. The molecule has 134 valence electrons. The van der Waals surface area contributed by atoms with Gasteiger partial charge in [0.15, 0.2) is 0 Å². The molecule has 1 aliphatic rings. The Kier molecular flexibility index (Phi) is 4.56. The topological polar surface area (TPSA) is 76.1 Å². The van der Waals surface area contributed by atoms with Crippen LogP contribution in [0.2, 0.25) is 0 Å². The van der Waals surface area contributed by atoms with Gasteiger partial charge in [-0.2, -0.15) is 0 Å². The Labute approximate surface area is 156 Å². The lowest BCUT2D eigenvalue weighted by atomic mass is 10.1. The lowest BCUT2D eigenvalue weighted by Gasteiger charge is -2.27. The van der Waals surface area contributed by atoms with Crippen LogP contribution in [0.1, 0.15) is 16.1 Å². The van der Waals surface area contributed by atoms with Crippen molar-refractivity contribution in [2.24, 2.45) is 0 Å². The maximum absolute atomic E-state index is 11.6. The van der Waals surface area contributed by atoms with Gasteiger partial charge in [0, 0.05) is 54.5 Å². The summed E-state index contributed by atoms with van der Waals surface area (Å²) < 4.78 is 23.3. The molecule has 0 amide bonds. The zero-order chi connectivity index (χ0) is 18.1. The van der Waals surface area contributed by atoms with Crippen molar-refractivity contribution in [3.63, 3.8) is 0 Å². The Hall–Kier alpha value is -2.16. The van der Waals surface area contributed by atoms with Gasteiger partial charge in [0.05, 0.1) is 16.9 Å². The van der Waals surface area contributed by atoms with Crippen LogP contribution in [0.4, 0.5) is 0 Å². The first-order chi connectivity index (χ1) is 12.5. The summed E-state index contributed by atoms with van der Waals surface area (Å²) in [6.45, 7) is 2.35. The molecule has 3 heterocycles. The lowest BCUT2D eigenvalue weighted by molar-refractivity contribution is 0.244. The quantitative estimate of drug-likeness (QED) is 0.642. The molecule has 1 aliphatic heterocycles. The molecule has 4 rings (SSSR count). The van der Waals surface area contributed by atoms with E-state index in [2.05, 4.69) is 32.0 Å². The van der Waals surface area contributed by atoms with E-state index in [0.29, 0.717) is 6.54 Å². The Morgan fingerprint density at radius 3 is 2.77 bits per heavy atom. The molecule has 0 fully saturated rings. The first-order valence-electron chi connectivity index (χ1n) is 8.26. The van der Waals surface area contributed by atoms with E-state index >= 15 is 0 Å². The van der Waals surface area contributed by atoms with Gasteiger partial charge in [-0.05, 0) is 0 Å². The number of nitrogens with zero attached hydrogens (tertiary/aromatic N) is 4. The van der Waals surface area contributed by atoms with Gasteiger partial charge in [0.2, 0.25) is 15.0 Å². The molecule has 1 aromatic carbocycles. The maximum Gasteiger partial charge on any atom is 0.246 e. The van der Waals surface area contributed by atoms with Gasteiger partial charge in [0.25, 0.3) is 0 Å². The van der Waals surface area contributed by atoms with E-state index in [1.807, 2.05) is 23.7 Å². The minimum absolute atomic E-state index is 0.0847. The summed E-state index contributed by atoms with van der Waals surface area (Å²) in [6, 6.07) is 10.2. The van der Waals surface area contributed by atoms with Crippen LogP contribution in [0.25, 0.3) is 11.3 Å². The smallest absolute Gasteiger partial charge is 0.246 e. The van der Waals surface area contributed by atoms with Crippen LogP contribution < -0.4 is 0 Å². The van der Waals surface area contributed by atoms with Crippen LogP contribution in [-0.2, 0) is 29.3 Å². The average Bonchev–Trinajstić information content (AvgIpc) is 3.09. The first-order valence-corrected chi connectivity index (χ1v) is 11.0. The summed E-state index contributed by atoms with van der Waals surface area (Å²) in [4.78, 5) is 16.4. The number of sulfone groups is 1. The van der Waals surface area contributed by atoms with Crippen LogP contribution in [0.3, 0.4) is 0 Å². The molecule has 0 saturated carbocycles. The summed E-state index contributed by atoms with van der Waals surface area (Å²) >= 11 is 1.66. The van der Waals surface area contributed by atoms with E-state index in [4.69, 9.17) is 0 Å². The molecule has 0 atom stereocenters. The highest BCUT2D eigenvalue weighted by Gasteiger charge is 2.22. The van der Waals surface area contributed by atoms with Crippen molar-refractivity contribution in [1.82, 2.24) is 19.9 Å². The summed E-state index contributed by atoms with van der Waals surface area (Å²) in [5, 5.41) is -0.0847. The highest BCUT2D eigenvalue weighted by molar-refractivity contribution is 7.90. The number of hydrogen-bond donors (Lipinski definition) is 0. The summed E-state index contributed by atoms with van der Waals surface area (Å²) in [7, 11) is -3.37. The highest BCUT2D eigenvalue weighted by Crippen LogP contribution is 2.28. The number of aromatic nitrogens is 3. The zero-order valence-electron chi connectivity index (χ0n) is 14.3. The van der Waals surface area contributed by atoms with Crippen molar-refractivity contribution in [3.8, 4) is 11.3 Å². The molecule has 0 N–H and O–H groups in total. The number of hydrogen-bond acceptors (Lipinski definition) is 7. The van der Waals surface area contributed by atoms with E-state index in [-0.39, 0.29) is 5.16 Å². The predicted molar refractivity (Wildman–Crippen MR) is 101 cm³/mol. The molecule has 0 spiro atoms. The fourth-order valence-electron chi connectivity index (χ4n) is 3.09. The zero-order valence-corrected chi connectivity index (χ0v) is 15.9. The molecule has 6 nitrogen and oxygen atoms in total. The number of rotatable bonds is 4. The molecule has 26 heavy (non-hydrogen) atoms. The highest BCUT2D eigenvalue weighted by atomic mass is 32.2. The molecule has 2 aromatic heterocycles. The van der Waals surface area contributed by atoms with E-state index in [9.17, 15) is 8.42 Å². The Morgan fingerprint density at radius 1 is 1.19 bits per heavy atom. The van der Waals surface area contributed by atoms with E-state index in [0.717, 1.165) is 48.3 Å². The monoisotopic (exact) mass is 386 g/mol.